The Balaban J connectivity index is 1.38. The van der Waals surface area contributed by atoms with E-state index in [0.717, 1.165) is 11.1 Å². The van der Waals surface area contributed by atoms with Crippen LogP contribution in [0.25, 0.3) is 11.1 Å². The Bertz CT molecular complexity index is 1450. The van der Waals surface area contributed by atoms with Gasteiger partial charge >= 0.3 is 0 Å². The fraction of sp³-hybridized carbons (Fsp3) is 0.0385. The zero-order valence-electron chi connectivity index (χ0n) is 18.8. The molecule has 0 aromatic heterocycles. The molecule has 0 heterocycles. The Hall–Kier alpha value is -4.38. The smallest absolute Gasteiger partial charge is 0.261 e. The normalized spacial score (nSPS) is 11.1. The van der Waals surface area contributed by atoms with E-state index in [1.165, 1.54) is 24.3 Å². The predicted octanol–water partition coefficient (Wildman–Crippen LogP) is 4.48. The molecular weight excluding hydrogens is 482 g/mol. The summed E-state index contributed by atoms with van der Waals surface area (Å²) in [6.45, 7) is 0.179. The van der Waals surface area contributed by atoms with Gasteiger partial charge in [-0.1, -0.05) is 36.4 Å². The molecule has 0 bridgehead atoms. The molecule has 10 heteroatoms. The highest BCUT2D eigenvalue weighted by Crippen LogP contribution is 2.23. The van der Waals surface area contributed by atoms with Crippen molar-refractivity contribution in [3.8, 4) is 16.9 Å². The highest BCUT2D eigenvalue weighted by atomic mass is 32.2. The third kappa shape index (κ3) is 5.99. The number of amides is 1. The van der Waals surface area contributed by atoms with Crippen molar-refractivity contribution in [1.82, 2.24) is 5.32 Å². The lowest BCUT2D eigenvalue weighted by Crippen LogP contribution is -2.22. The lowest BCUT2D eigenvalue weighted by atomic mass is 10.0. The molecule has 0 radical (unpaired) electrons. The zero-order chi connectivity index (χ0) is 25.7. The van der Waals surface area contributed by atoms with Crippen LogP contribution < -0.4 is 15.3 Å². The molecule has 4 aromatic carbocycles. The van der Waals surface area contributed by atoms with Gasteiger partial charge < -0.3 is 20.9 Å². The first-order valence-electron chi connectivity index (χ1n) is 10.8. The molecule has 9 nitrogen and oxygen atoms in total. The van der Waals surface area contributed by atoms with E-state index in [1.54, 1.807) is 60.7 Å². The molecule has 0 fully saturated rings. The molecule has 0 unspecified atom stereocenters. The van der Waals surface area contributed by atoms with Gasteiger partial charge in [-0.3, -0.25) is 14.7 Å². The van der Waals surface area contributed by atoms with Crippen LogP contribution in [0, 0.1) is 5.21 Å². The van der Waals surface area contributed by atoms with Crippen molar-refractivity contribution in [3.63, 3.8) is 0 Å². The molecule has 0 aliphatic heterocycles. The minimum atomic E-state index is -3.93. The third-order valence-corrected chi connectivity index (χ3v) is 6.75. The maximum absolute atomic E-state index is 12.6. The molecule has 0 aliphatic rings. The molecule has 4 rings (SSSR count). The molecular formula is C26H22N3O6S-. The molecule has 184 valence electrons. The van der Waals surface area contributed by atoms with Gasteiger partial charge in [-0.2, -0.15) is 0 Å². The first-order valence-corrected chi connectivity index (χ1v) is 12.3. The van der Waals surface area contributed by atoms with Gasteiger partial charge in [0.15, 0.2) is 0 Å². The standard InChI is InChI=1S/C26H22N3O6S/c30-24-12-8-20(9-13-24)19-4-6-21(7-5-19)26(31)27-17-18-2-1-3-22(16-18)28-36(34,35)25-14-10-23(11-15-25)29(32)33/h1-16,28,30,32H,17H2,(H,27,31)/q-1. The first kappa shape index (κ1) is 24.7. The second-order valence-corrected chi connectivity index (χ2v) is 9.56. The van der Waals surface area contributed by atoms with Crippen LogP contribution >= 0.6 is 0 Å². The Morgan fingerprint density at radius 2 is 1.47 bits per heavy atom. The SMILES string of the molecule is O=C(NCc1cccc(NS(=O)(=O)c2ccc(N([O-])O)cc2)c1)c1ccc(-c2ccc(O)cc2)cc1. The molecule has 0 saturated heterocycles. The van der Waals surface area contributed by atoms with Crippen molar-refractivity contribution >= 4 is 27.3 Å². The van der Waals surface area contributed by atoms with Crippen LogP contribution in [0.2, 0.25) is 0 Å². The number of carbonyl (C=O) groups is 1. The maximum Gasteiger partial charge on any atom is 0.261 e. The summed E-state index contributed by atoms with van der Waals surface area (Å²) >= 11 is 0. The van der Waals surface area contributed by atoms with Crippen molar-refractivity contribution in [3.05, 3.63) is 113 Å². The number of hydrogen-bond acceptors (Lipinski definition) is 7. The van der Waals surface area contributed by atoms with Crippen molar-refractivity contribution in [2.75, 3.05) is 9.95 Å². The lowest BCUT2D eigenvalue weighted by Gasteiger charge is -2.21. The molecule has 4 N–H and O–H groups in total. The summed E-state index contributed by atoms with van der Waals surface area (Å²) in [4.78, 5) is 12.5. The Kier molecular flexibility index (Phi) is 7.20. The number of phenols is 1. The Morgan fingerprint density at radius 1 is 0.861 bits per heavy atom. The number of hydrogen-bond donors (Lipinski definition) is 4. The van der Waals surface area contributed by atoms with Gasteiger partial charge in [0.25, 0.3) is 15.9 Å². The van der Waals surface area contributed by atoms with Gasteiger partial charge in [0.05, 0.1) is 10.6 Å². The summed E-state index contributed by atoms with van der Waals surface area (Å²) in [5.74, 6) is -0.102. The van der Waals surface area contributed by atoms with Crippen LogP contribution in [0.15, 0.2) is 102 Å². The second kappa shape index (κ2) is 10.5. The van der Waals surface area contributed by atoms with E-state index in [2.05, 4.69) is 10.0 Å². The van der Waals surface area contributed by atoms with Gasteiger partial charge in [0.1, 0.15) is 5.75 Å². The average molecular weight is 505 g/mol. The number of rotatable bonds is 8. The summed E-state index contributed by atoms with van der Waals surface area (Å²) in [6, 6.07) is 25.2. The summed E-state index contributed by atoms with van der Waals surface area (Å²) in [6.07, 6.45) is 0. The summed E-state index contributed by atoms with van der Waals surface area (Å²) in [5, 5.41) is 31.7. The second-order valence-electron chi connectivity index (χ2n) is 7.88. The molecule has 36 heavy (non-hydrogen) atoms. The minimum absolute atomic E-state index is 0.0810. The topological polar surface area (TPSA) is 142 Å². The molecule has 0 saturated carbocycles. The number of benzene rings is 4. The van der Waals surface area contributed by atoms with E-state index in [-0.39, 0.29) is 34.0 Å². The number of anilines is 2. The van der Waals surface area contributed by atoms with E-state index in [4.69, 9.17) is 5.21 Å². The summed E-state index contributed by atoms with van der Waals surface area (Å²) in [5.41, 5.74) is 3.18. The average Bonchev–Trinajstić information content (AvgIpc) is 2.88. The fourth-order valence-electron chi connectivity index (χ4n) is 3.46. The Labute approximate surface area is 207 Å². The number of nitrogens with zero attached hydrogens (tertiary/aromatic N) is 1. The van der Waals surface area contributed by atoms with E-state index in [0.29, 0.717) is 16.8 Å². The number of nitrogens with one attached hydrogen (secondary N) is 2. The van der Waals surface area contributed by atoms with E-state index in [1.807, 2.05) is 12.1 Å². The molecule has 1 amide bonds. The van der Waals surface area contributed by atoms with Gasteiger partial charge in [-0.15, -0.1) is 0 Å². The van der Waals surface area contributed by atoms with Crippen LogP contribution in [0.4, 0.5) is 11.4 Å². The molecule has 0 spiro atoms. The molecule has 4 aromatic rings. The van der Waals surface area contributed by atoms with Gasteiger partial charge in [-0.25, -0.2) is 8.42 Å². The van der Waals surface area contributed by atoms with E-state index < -0.39 is 10.0 Å². The summed E-state index contributed by atoms with van der Waals surface area (Å²) < 4.78 is 27.7. The maximum atomic E-state index is 12.6. The van der Waals surface area contributed by atoms with Crippen LogP contribution in [0.3, 0.4) is 0 Å². The first-order chi connectivity index (χ1) is 17.2. The lowest BCUT2D eigenvalue weighted by molar-refractivity contribution is 0.0951. The number of carbonyl (C=O) groups excluding carboxylic acids is 1. The fourth-order valence-corrected chi connectivity index (χ4v) is 4.51. The van der Waals surface area contributed by atoms with Crippen LogP contribution in [0.1, 0.15) is 15.9 Å². The van der Waals surface area contributed by atoms with Crippen molar-refractivity contribution in [1.29, 1.82) is 0 Å². The van der Waals surface area contributed by atoms with E-state index >= 15 is 0 Å². The van der Waals surface area contributed by atoms with Gasteiger partial charge in [0.2, 0.25) is 0 Å². The minimum Gasteiger partial charge on any atom is -0.733 e. The van der Waals surface area contributed by atoms with Gasteiger partial charge in [0, 0.05) is 17.8 Å². The third-order valence-electron chi connectivity index (χ3n) is 5.35. The monoisotopic (exact) mass is 504 g/mol. The van der Waals surface area contributed by atoms with Crippen molar-refractivity contribution < 1.29 is 23.5 Å². The molecule has 0 atom stereocenters. The highest BCUT2D eigenvalue weighted by Gasteiger charge is 2.15. The van der Waals surface area contributed by atoms with Crippen LogP contribution in [0.5, 0.6) is 5.75 Å². The largest absolute Gasteiger partial charge is 0.733 e. The Morgan fingerprint density at radius 3 is 2.08 bits per heavy atom. The highest BCUT2D eigenvalue weighted by molar-refractivity contribution is 7.92. The van der Waals surface area contributed by atoms with E-state index in [9.17, 15) is 23.5 Å². The number of sulfonamides is 1. The predicted molar refractivity (Wildman–Crippen MR) is 136 cm³/mol. The van der Waals surface area contributed by atoms with Crippen LogP contribution in [-0.2, 0) is 16.6 Å². The number of phenolic OH excluding ortho intramolecular Hbond substituents is 1. The van der Waals surface area contributed by atoms with Crippen molar-refractivity contribution in [2.45, 2.75) is 11.4 Å². The van der Waals surface area contributed by atoms with Gasteiger partial charge in [-0.05, 0) is 77.4 Å². The summed E-state index contributed by atoms with van der Waals surface area (Å²) in [7, 11) is -3.93. The number of aromatic hydroxyl groups is 1. The molecule has 0 aliphatic carbocycles. The quantitative estimate of drug-likeness (QED) is 0.259. The van der Waals surface area contributed by atoms with Crippen LogP contribution in [-0.4, -0.2) is 24.6 Å². The zero-order valence-corrected chi connectivity index (χ0v) is 19.6. The van der Waals surface area contributed by atoms with Crippen molar-refractivity contribution in [2.24, 2.45) is 0 Å².